The third-order valence-corrected chi connectivity index (χ3v) is 5.40. The maximum atomic E-state index is 13.3. The summed E-state index contributed by atoms with van der Waals surface area (Å²) in [5, 5.41) is 23.2. The van der Waals surface area contributed by atoms with E-state index in [2.05, 4.69) is 10.6 Å². The van der Waals surface area contributed by atoms with Gasteiger partial charge in [0.05, 0.1) is 6.04 Å². The van der Waals surface area contributed by atoms with E-state index in [1.807, 2.05) is 13.8 Å². The Morgan fingerprint density at radius 1 is 1.06 bits per heavy atom. The fourth-order valence-electron chi connectivity index (χ4n) is 3.65. The molecule has 0 aliphatic carbocycles. The quantitative estimate of drug-likeness (QED) is 0.270. The molecule has 0 aromatic heterocycles. The Labute approximate surface area is 188 Å². The van der Waals surface area contributed by atoms with E-state index in [-0.39, 0.29) is 24.7 Å². The number of nitrogens with two attached hydrogens (primary N) is 1. The topological polar surface area (TPSA) is 179 Å². The average Bonchev–Trinajstić information content (AvgIpc) is 3.17. The van der Waals surface area contributed by atoms with Gasteiger partial charge in [-0.25, -0.2) is 4.79 Å². The first-order valence-electron chi connectivity index (χ1n) is 11.0. The zero-order valence-corrected chi connectivity index (χ0v) is 19.2. The lowest BCUT2D eigenvalue weighted by atomic mass is 10.0. The van der Waals surface area contributed by atoms with Gasteiger partial charge in [0.2, 0.25) is 17.7 Å². The highest BCUT2D eigenvalue weighted by atomic mass is 16.4. The molecule has 0 spiro atoms. The van der Waals surface area contributed by atoms with Crippen LogP contribution in [-0.2, 0) is 24.0 Å². The monoisotopic (exact) mass is 456 g/mol. The highest BCUT2D eigenvalue weighted by Crippen LogP contribution is 2.21. The molecule has 0 bridgehead atoms. The second-order valence-corrected chi connectivity index (χ2v) is 8.99. The van der Waals surface area contributed by atoms with Crippen LogP contribution in [0, 0.1) is 11.8 Å². The smallest absolute Gasteiger partial charge is 0.326 e. The number of carboxylic acids is 2. The Bertz CT molecular complexity index is 710. The van der Waals surface area contributed by atoms with Crippen LogP contribution in [-0.4, -0.2) is 75.5 Å². The molecule has 1 fully saturated rings. The normalized spacial score (nSPS) is 18.8. The number of likely N-dealkylation sites (tertiary alicyclic amines) is 1. The molecule has 4 unspecified atom stereocenters. The molecule has 0 aromatic carbocycles. The number of nitrogens with one attached hydrogen (secondary N) is 2. The Balaban J connectivity index is 2.93. The lowest BCUT2D eigenvalue weighted by molar-refractivity contribution is -0.146. The molecule has 4 atom stereocenters. The van der Waals surface area contributed by atoms with Crippen LogP contribution in [0.25, 0.3) is 0 Å². The first-order valence-corrected chi connectivity index (χ1v) is 11.0. The van der Waals surface area contributed by atoms with E-state index in [9.17, 15) is 29.1 Å². The van der Waals surface area contributed by atoms with Crippen molar-refractivity contribution in [1.82, 2.24) is 15.5 Å². The molecule has 0 aromatic rings. The minimum atomic E-state index is -1.15. The van der Waals surface area contributed by atoms with Crippen LogP contribution in [0.15, 0.2) is 0 Å². The summed E-state index contributed by atoms with van der Waals surface area (Å²) >= 11 is 0. The summed E-state index contributed by atoms with van der Waals surface area (Å²) in [6, 6.07) is -3.89. The lowest BCUT2D eigenvalue weighted by Gasteiger charge is -2.31. The molecule has 1 heterocycles. The summed E-state index contributed by atoms with van der Waals surface area (Å²) in [6.07, 6.45) is 0.938. The third kappa shape index (κ3) is 8.10. The number of nitrogens with zero attached hydrogens (tertiary/aromatic N) is 1. The maximum absolute atomic E-state index is 13.3. The van der Waals surface area contributed by atoms with Crippen molar-refractivity contribution in [3.05, 3.63) is 0 Å². The van der Waals surface area contributed by atoms with Crippen LogP contribution < -0.4 is 16.4 Å². The van der Waals surface area contributed by atoms with Gasteiger partial charge >= 0.3 is 11.9 Å². The summed E-state index contributed by atoms with van der Waals surface area (Å²) in [4.78, 5) is 62.0. The number of hydrogen-bond donors (Lipinski definition) is 5. The Hall–Kier alpha value is -2.69. The maximum Gasteiger partial charge on any atom is 0.326 e. The first kappa shape index (κ1) is 27.3. The molecule has 3 amide bonds. The molecule has 1 aliphatic rings. The predicted octanol–water partition coefficient (Wildman–Crippen LogP) is -0.0742. The number of amides is 3. The predicted molar refractivity (Wildman–Crippen MR) is 115 cm³/mol. The third-order valence-electron chi connectivity index (χ3n) is 5.40. The standard InChI is InChI=1S/C21H36N4O7/c1-11(2)10-14(23-18(28)13(22)7-8-16(26)27)20(30)25-9-5-6-15(25)19(29)24-17(12(3)4)21(31)32/h11-15,17H,5-10,22H2,1-4H3,(H,23,28)(H,24,29)(H,26,27)(H,31,32). The van der Waals surface area contributed by atoms with Gasteiger partial charge in [0.15, 0.2) is 0 Å². The van der Waals surface area contributed by atoms with E-state index in [4.69, 9.17) is 10.8 Å². The molecule has 11 nitrogen and oxygen atoms in total. The van der Waals surface area contributed by atoms with Crippen molar-refractivity contribution >= 4 is 29.7 Å². The minimum Gasteiger partial charge on any atom is -0.481 e. The van der Waals surface area contributed by atoms with Crippen LogP contribution in [0.1, 0.15) is 59.8 Å². The highest BCUT2D eigenvalue weighted by Gasteiger charge is 2.39. The fraction of sp³-hybridized carbons (Fsp3) is 0.762. The molecular weight excluding hydrogens is 420 g/mol. The van der Waals surface area contributed by atoms with Crippen LogP contribution in [0.3, 0.4) is 0 Å². The molecule has 0 saturated carbocycles. The van der Waals surface area contributed by atoms with E-state index >= 15 is 0 Å². The average molecular weight is 457 g/mol. The molecule has 1 aliphatic heterocycles. The van der Waals surface area contributed by atoms with Gasteiger partial charge in [-0.05, 0) is 37.5 Å². The molecule has 6 N–H and O–H groups in total. The van der Waals surface area contributed by atoms with Crippen LogP contribution >= 0.6 is 0 Å². The molecule has 1 rings (SSSR count). The van der Waals surface area contributed by atoms with Crippen LogP contribution in [0.5, 0.6) is 0 Å². The number of rotatable bonds is 12. The van der Waals surface area contributed by atoms with Gasteiger partial charge in [0.25, 0.3) is 0 Å². The number of carbonyl (C=O) groups is 5. The van der Waals surface area contributed by atoms with E-state index < -0.39 is 53.8 Å². The summed E-state index contributed by atoms with van der Waals surface area (Å²) in [7, 11) is 0. The molecule has 182 valence electrons. The van der Waals surface area contributed by atoms with E-state index in [0.717, 1.165) is 0 Å². The van der Waals surface area contributed by atoms with Crippen molar-refractivity contribution in [2.45, 2.75) is 84.0 Å². The zero-order chi connectivity index (χ0) is 24.6. The van der Waals surface area contributed by atoms with Crippen molar-refractivity contribution < 1.29 is 34.2 Å². The Morgan fingerprint density at radius 2 is 1.69 bits per heavy atom. The molecule has 32 heavy (non-hydrogen) atoms. The van der Waals surface area contributed by atoms with Gasteiger partial charge in [0.1, 0.15) is 18.1 Å². The van der Waals surface area contributed by atoms with Gasteiger partial charge < -0.3 is 31.5 Å². The summed E-state index contributed by atoms with van der Waals surface area (Å²) in [5.74, 6) is -4.11. The van der Waals surface area contributed by atoms with E-state index in [1.54, 1.807) is 13.8 Å². The van der Waals surface area contributed by atoms with Gasteiger partial charge in [-0.3, -0.25) is 19.2 Å². The number of carboxylic acid groups (broad SMARTS) is 2. The van der Waals surface area contributed by atoms with Gasteiger partial charge in [-0.15, -0.1) is 0 Å². The van der Waals surface area contributed by atoms with Crippen molar-refractivity contribution in [2.75, 3.05) is 6.54 Å². The van der Waals surface area contributed by atoms with Gasteiger partial charge in [-0.1, -0.05) is 27.7 Å². The fourth-order valence-corrected chi connectivity index (χ4v) is 3.65. The van der Waals surface area contributed by atoms with Crippen molar-refractivity contribution in [2.24, 2.45) is 17.6 Å². The summed E-state index contributed by atoms with van der Waals surface area (Å²) in [5.41, 5.74) is 5.77. The van der Waals surface area contributed by atoms with Gasteiger partial charge in [-0.2, -0.15) is 0 Å². The van der Waals surface area contributed by atoms with E-state index in [0.29, 0.717) is 25.8 Å². The summed E-state index contributed by atoms with van der Waals surface area (Å²) in [6.45, 7) is 7.43. The van der Waals surface area contributed by atoms with Gasteiger partial charge in [0, 0.05) is 13.0 Å². The van der Waals surface area contributed by atoms with E-state index in [1.165, 1.54) is 4.90 Å². The largest absolute Gasteiger partial charge is 0.481 e. The number of carbonyl (C=O) groups excluding carboxylic acids is 3. The molecule has 1 saturated heterocycles. The zero-order valence-electron chi connectivity index (χ0n) is 19.2. The Kier molecular flexibility index (Phi) is 10.6. The SMILES string of the molecule is CC(C)CC(NC(=O)C(N)CCC(=O)O)C(=O)N1CCCC1C(=O)NC(C(=O)O)C(C)C. The number of aliphatic carboxylic acids is 2. The number of hydrogen-bond acceptors (Lipinski definition) is 6. The second kappa shape index (κ2) is 12.4. The van der Waals surface area contributed by atoms with Crippen molar-refractivity contribution in [3.8, 4) is 0 Å². The molecular formula is C21H36N4O7. The minimum absolute atomic E-state index is 0.0479. The van der Waals surface area contributed by atoms with Crippen molar-refractivity contribution in [1.29, 1.82) is 0 Å². The second-order valence-electron chi connectivity index (χ2n) is 8.99. The lowest BCUT2D eigenvalue weighted by Crippen LogP contribution is -2.57. The highest BCUT2D eigenvalue weighted by molar-refractivity contribution is 5.94. The van der Waals surface area contributed by atoms with Crippen LogP contribution in [0.2, 0.25) is 0 Å². The molecule has 0 radical (unpaired) electrons. The van der Waals surface area contributed by atoms with Crippen molar-refractivity contribution in [3.63, 3.8) is 0 Å². The Morgan fingerprint density at radius 3 is 2.19 bits per heavy atom. The summed E-state index contributed by atoms with van der Waals surface area (Å²) < 4.78 is 0. The molecule has 11 heteroatoms. The van der Waals surface area contributed by atoms with Crippen LogP contribution in [0.4, 0.5) is 0 Å². The first-order chi connectivity index (χ1) is 14.8.